The lowest BCUT2D eigenvalue weighted by Crippen LogP contribution is -2.22. The molecule has 2 aromatic rings. The summed E-state index contributed by atoms with van der Waals surface area (Å²) in [5.74, 6) is 0. The van der Waals surface area contributed by atoms with Crippen molar-refractivity contribution in [2.24, 2.45) is 0 Å². The van der Waals surface area contributed by atoms with E-state index in [1.807, 2.05) is 5.51 Å². The van der Waals surface area contributed by atoms with E-state index in [1.54, 1.807) is 11.3 Å². The van der Waals surface area contributed by atoms with Crippen molar-refractivity contribution in [3.63, 3.8) is 0 Å². The zero-order valence-corrected chi connectivity index (χ0v) is 11.3. The van der Waals surface area contributed by atoms with E-state index in [-0.39, 0.29) is 6.04 Å². The average Bonchev–Trinajstić information content (AvgIpc) is 2.83. The second-order valence-electron chi connectivity index (χ2n) is 4.25. The van der Waals surface area contributed by atoms with Crippen molar-refractivity contribution in [1.29, 1.82) is 0 Å². The van der Waals surface area contributed by atoms with Crippen molar-refractivity contribution >= 4 is 11.3 Å². The molecule has 0 bridgehead atoms. The number of benzene rings is 1. The molecule has 1 N–H and O–H groups in total. The molecular formula is C14H18N2S. The molecule has 0 spiro atoms. The third-order valence-corrected chi connectivity index (χ3v) is 3.62. The normalized spacial score (nSPS) is 12.6. The summed E-state index contributed by atoms with van der Waals surface area (Å²) in [5.41, 5.74) is 6.96. The maximum atomic E-state index is 4.42. The highest BCUT2D eigenvalue weighted by atomic mass is 32.1. The van der Waals surface area contributed by atoms with E-state index >= 15 is 0 Å². The van der Waals surface area contributed by atoms with Crippen LogP contribution in [0.4, 0.5) is 0 Å². The first-order valence-electron chi connectivity index (χ1n) is 5.91. The van der Waals surface area contributed by atoms with Gasteiger partial charge in [0.1, 0.15) is 0 Å². The molecule has 0 saturated carbocycles. The summed E-state index contributed by atoms with van der Waals surface area (Å²) in [5, 5.41) is 5.61. The highest BCUT2D eigenvalue weighted by molar-refractivity contribution is 7.07. The molecule has 3 heteroatoms. The standard InChI is InChI=1S/C14H18N2S/c1-4-15-14(13-8-17-9-16-13)12-6-5-10(2)11(3)7-12/h5-9,14-15H,4H2,1-3H3. The highest BCUT2D eigenvalue weighted by Gasteiger charge is 2.14. The van der Waals surface area contributed by atoms with Crippen LogP contribution in [0.25, 0.3) is 0 Å². The molecule has 0 aliphatic heterocycles. The molecule has 0 amide bonds. The van der Waals surface area contributed by atoms with Crippen molar-refractivity contribution in [1.82, 2.24) is 10.3 Å². The van der Waals surface area contributed by atoms with Gasteiger partial charge in [0, 0.05) is 5.38 Å². The monoisotopic (exact) mass is 246 g/mol. The molecule has 0 radical (unpaired) electrons. The van der Waals surface area contributed by atoms with Gasteiger partial charge in [-0.15, -0.1) is 11.3 Å². The van der Waals surface area contributed by atoms with E-state index in [0.717, 1.165) is 12.2 Å². The van der Waals surface area contributed by atoms with E-state index in [9.17, 15) is 0 Å². The Bertz CT molecular complexity index is 477. The third kappa shape index (κ3) is 2.73. The fourth-order valence-corrected chi connectivity index (χ4v) is 2.49. The van der Waals surface area contributed by atoms with Crippen LogP contribution in [0.2, 0.25) is 0 Å². The van der Waals surface area contributed by atoms with Gasteiger partial charge in [-0.3, -0.25) is 0 Å². The number of hydrogen-bond acceptors (Lipinski definition) is 3. The first-order chi connectivity index (χ1) is 8.22. The molecule has 17 heavy (non-hydrogen) atoms. The van der Waals surface area contributed by atoms with Crippen LogP contribution in [0.1, 0.15) is 35.3 Å². The molecule has 0 aliphatic carbocycles. The van der Waals surface area contributed by atoms with Crippen LogP contribution < -0.4 is 5.32 Å². The van der Waals surface area contributed by atoms with Crippen LogP contribution >= 0.6 is 11.3 Å². The van der Waals surface area contributed by atoms with Crippen LogP contribution in [-0.2, 0) is 0 Å². The smallest absolute Gasteiger partial charge is 0.0795 e. The summed E-state index contributed by atoms with van der Waals surface area (Å²) in [7, 11) is 0. The maximum absolute atomic E-state index is 4.42. The summed E-state index contributed by atoms with van der Waals surface area (Å²) in [6.45, 7) is 7.36. The summed E-state index contributed by atoms with van der Waals surface area (Å²) < 4.78 is 0. The van der Waals surface area contributed by atoms with Gasteiger partial charge in [-0.05, 0) is 37.1 Å². The first kappa shape index (κ1) is 12.3. The van der Waals surface area contributed by atoms with E-state index in [2.05, 4.69) is 54.7 Å². The second kappa shape index (κ2) is 5.43. The number of hydrogen-bond donors (Lipinski definition) is 1. The molecule has 0 aliphatic rings. The van der Waals surface area contributed by atoms with Gasteiger partial charge >= 0.3 is 0 Å². The molecule has 1 aromatic carbocycles. The Labute approximate surface area is 107 Å². The lowest BCUT2D eigenvalue weighted by molar-refractivity contribution is 0.618. The number of aryl methyl sites for hydroxylation is 2. The van der Waals surface area contributed by atoms with Crippen molar-refractivity contribution in [3.8, 4) is 0 Å². The van der Waals surface area contributed by atoms with Gasteiger partial charge in [0.2, 0.25) is 0 Å². The van der Waals surface area contributed by atoms with Crippen molar-refractivity contribution < 1.29 is 0 Å². The summed E-state index contributed by atoms with van der Waals surface area (Å²) in [6.07, 6.45) is 0. The van der Waals surface area contributed by atoms with Gasteiger partial charge in [-0.2, -0.15) is 0 Å². The lowest BCUT2D eigenvalue weighted by atomic mass is 9.99. The Balaban J connectivity index is 2.35. The minimum absolute atomic E-state index is 0.213. The van der Waals surface area contributed by atoms with Gasteiger partial charge in [0.15, 0.2) is 0 Å². The van der Waals surface area contributed by atoms with E-state index in [0.29, 0.717) is 0 Å². The Hall–Kier alpha value is -1.19. The number of nitrogens with one attached hydrogen (secondary N) is 1. The zero-order chi connectivity index (χ0) is 12.3. The quantitative estimate of drug-likeness (QED) is 0.893. The van der Waals surface area contributed by atoms with E-state index in [4.69, 9.17) is 0 Å². The van der Waals surface area contributed by atoms with Crippen LogP contribution in [0.15, 0.2) is 29.1 Å². The zero-order valence-electron chi connectivity index (χ0n) is 10.5. The lowest BCUT2D eigenvalue weighted by Gasteiger charge is -2.17. The third-order valence-electron chi connectivity index (χ3n) is 3.02. The molecule has 0 fully saturated rings. The molecule has 1 atom stereocenters. The van der Waals surface area contributed by atoms with Gasteiger partial charge in [-0.25, -0.2) is 4.98 Å². The van der Waals surface area contributed by atoms with Gasteiger partial charge < -0.3 is 5.32 Å². The largest absolute Gasteiger partial charge is 0.305 e. The SMILES string of the molecule is CCNC(c1ccc(C)c(C)c1)c1cscn1. The van der Waals surface area contributed by atoms with E-state index in [1.165, 1.54) is 16.7 Å². The molecule has 2 nitrogen and oxygen atoms in total. The van der Waals surface area contributed by atoms with Crippen molar-refractivity contribution in [3.05, 3.63) is 51.5 Å². The summed E-state index contributed by atoms with van der Waals surface area (Å²) in [4.78, 5) is 4.42. The van der Waals surface area contributed by atoms with Gasteiger partial charge in [-0.1, -0.05) is 25.1 Å². The van der Waals surface area contributed by atoms with E-state index < -0.39 is 0 Å². The Morgan fingerprint density at radius 1 is 1.29 bits per heavy atom. The molecule has 2 rings (SSSR count). The van der Waals surface area contributed by atoms with Gasteiger partial charge in [0.25, 0.3) is 0 Å². The predicted molar refractivity (Wildman–Crippen MR) is 73.5 cm³/mol. The van der Waals surface area contributed by atoms with Crippen molar-refractivity contribution in [2.45, 2.75) is 26.8 Å². The number of thiazole rings is 1. The number of nitrogens with zero attached hydrogens (tertiary/aromatic N) is 1. The Kier molecular flexibility index (Phi) is 3.92. The average molecular weight is 246 g/mol. The first-order valence-corrected chi connectivity index (χ1v) is 6.85. The summed E-state index contributed by atoms with van der Waals surface area (Å²) in [6, 6.07) is 6.84. The Morgan fingerprint density at radius 3 is 2.71 bits per heavy atom. The minimum atomic E-state index is 0.213. The fourth-order valence-electron chi connectivity index (χ4n) is 1.91. The Morgan fingerprint density at radius 2 is 2.12 bits per heavy atom. The number of rotatable bonds is 4. The predicted octanol–water partition coefficient (Wildman–Crippen LogP) is 3.46. The number of aromatic nitrogens is 1. The van der Waals surface area contributed by atoms with Crippen LogP contribution in [0.5, 0.6) is 0 Å². The molecule has 90 valence electrons. The van der Waals surface area contributed by atoms with Crippen LogP contribution in [-0.4, -0.2) is 11.5 Å². The highest BCUT2D eigenvalue weighted by Crippen LogP contribution is 2.23. The van der Waals surface area contributed by atoms with Crippen LogP contribution in [0, 0.1) is 13.8 Å². The molecule has 1 aromatic heterocycles. The van der Waals surface area contributed by atoms with Gasteiger partial charge in [0.05, 0.1) is 17.2 Å². The summed E-state index contributed by atoms with van der Waals surface area (Å²) >= 11 is 1.64. The van der Waals surface area contributed by atoms with Crippen LogP contribution in [0.3, 0.4) is 0 Å². The fraction of sp³-hybridized carbons (Fsp3) is 0.357. The van der Waals surface area contributed by atoms with Crippen molar-refractivity contribution in [2.75, 3.05) is 6.54 Å². The molecule has 1 unspecified atom stereocenters. The molecule has 0 saturated heterocycles. The maximum Gasteiger partial charge on any atom is 0.0795 e. The minimum Gasteiger partial charge on any atom is -0.305 e. The molecular weight excluding hydrogens is 228 g/mol. The molecule has 1 heterocycles. The topological polar surface area (TPSA) is 24.9 Å². The second-order valence-corrected chi connectivity index (χ2v) is 4.97.